The lowest BCUT2D eigenvalue weighted by atomic mass is 10.2. The van der Waals surface area contributed by atoms with E-state index in [0.717, 1.165) is 30.7 Å². The largest absolute Gasteiger partial charge is 0.493 e. The lowest BCUT2D eigenvalue weighted by Crippen LogP contribution is -2.22. The van der Waals surface area contributed by atoms with E-state index in [1.54, 1.807) is 18.2 Å². The van der Waals surface area contributed by atoms with E-state index in [1.807, 2.05) is 30.3 Å². The molecule has 0 saturated carbocycles. The predicted molar refractivity (Wildman–Crippen MR) is 123 cm³/mol. The SMILES string of the molecule is CCCCCC(=O)Nc1cccc(NC(=O)CNc2cccc(OCC(C)C)c2)c1. The second kappa shape index (κ2) is 12.5. The number of unbranched alkanes of at least 4 members (excludes halogenated alkanes) is 2. The Kier molecular flexibility index (Phi) is 9.71. The van der Waals surface area contributed by atoms with Crippen molar-refractivity contribution in [3.05, 3.63) is 48.5 Å². The number of carbonyl (C=O) groups is 2. The molecule has 0 fully saturated rings. The van der Waals surface area contributed by atoms with Crippen LogP contribution in [0.5, 0.6) is 5.75 Å². The number of anilines is 3. The van der Waals surface area contributed by atoms with Gasteiger partial charge in [0.15, 0.2) is 0 Å². The highest BCUT2D eigenvalue weighted by Crippen LogP contribution is 2.19. The molecule has 6 heteroatoms. The number of benzene rings is 2. The third-order valence-electron chi connectivity index (χ3n) is 4.31. The van der Waals surface area contributed by atoms with Gasteiger partial charge >= 0.3 is 0 Å². The van der Waals surface area contributed by atoms with Gasteiger partial charge in [0.1, 0.15) is 5.75 Å². The third kappa shape index (κ3) is 8.99. The van der Waals surface area contributed by atoms with E-state index in [0.29, 0.717) is 30.3 Å². The molecule has 0 radical (unpaired) electrons. The molecule has 2 amide bonds. The second-order valence-electron chi connectivity index (χ2n) is 7.72. The molecule has 6 nitrogen and oxygen atoms in total. The molecule has 0 saturated heterocycles. The van der Waals surface area contributed by atoms with Gasteiger partial charge in [0.25, 0.3) is 0 Å². The summed E-state index contributed by atoms with van der Waals surface area (Å²) in [6.45, 7) is 7.07. The standard InChI is InChI=1S/C24H33N3O3/c1-4-5-6-13-23(28)26-20-10-7-11-21(14-20)27-24(29)16-25-19-9-8-12-22(15-19)30-17-18(2)3/h7-12,14-15,18,25H,4-6,13,16-17H2,1-3H3,(H,26,28)(H,27,29). The van der Waals surface area contributed by atoms with Gasteiger partial charge in [-0.2, -0.15) is 0 Å². The van der Waals surface area contributed by atoms with Crippen LogP contribution in [0.15, 0.2) is 48.5 Å². The maximum atomic E-state index is 12.3. The Bertz CT molecular complexity index is 821. The molecule has 0 atom stereocenters. The molecule has 3 N–H and O–H groups in total. The number of hydrogen-bond donors (Lipinski definition) is 3. The van der Waals surface area contributed by atoms with Crippen molar-refractivity contribution in [2.75, 3.05) is 29.1 Å². The molecule has 0 bridgehead atoms. The highest BCUT2D eigenvalue weighted by Gasteiger charge is 2.06. The Hall–Kier alpha value is -3.02. The van der Waals surface area contributed by atoms with Crippen LogP contribution in [0.1, 0.15) is 46.5 Å². The predicted octanol–water partition coefficient (Wildman–Crippen LogP) is 5.29. The zero-order chi connectivity index (χ0) is 21.8. The van der Waals surface area contributed by atoms with Crippen molar-refractivity contribution >= 4 is 28.9 Å². The zero-order valence-electron chi connectivity index (χ0n) is 18.2. The first kappa shape index (κ1) is 23.3. The Morgan fingerprint density at radius 2 is 1.57 bits per heavy atom. The van der Waals surface area contributed by atoms with Crippen molar-refractivity contribution in [3.63, 3.8) is 0 Å². The minimum atomic E-state index is -0.171. The quantitative estimate of drug-likeness (QED) is 0.415. The first-order chi connectivity index (χ1) is 14.5. The Morgan fingerprint density at radius 1 is 0.900 bits per heavy atom. The smallest absolute Gasteiger partial charge is 0.243 e. The van der Waals surface area contributed by atoms with Crippen LogP contribution in [0.2, 0.25) is 0 Å². The van der Waals surface area contributed by atoms with Gasteiger partial charge in [-0.15, -0.1) is 0 Å². The van der Waals surface area contributed by atoms with Gasteiger partial charge in [0.2, 0.25) is 11.8 Å². The fraction of sp³-hybridized carbons (Fsp3) is 0.417. The van der Waals surface area contributed by atoms with Gasteiger partial charge in [0, 0.05) is 29.5 Å². The first-order valence-corrected chi connectivity index (χ1v) is 10.6. The third-order valence-corrected chi connectivity index (χ3v) is 4.31. The maximum Gasteiger partial charge on any atom is 0.243 e. The van der Waals surface area contributed by atoms with Gasteiger partial charge in [-0.3, -0.25) is 9.59 Å². The molecule has 30 heavy (non-hydrogen) atoms. The monoisotopic (exact) mass is 411 g/mol. The van der Waals surface area contributed by atoms with E-state index in [2.05, 4.69) is 36.7 Å². The maximum absolute atomic E-state index is 12.3. The van der Waals surface area contributed by atoms with Gasteiger partial charge in [-0.25, -0.2) is 0 Å². The summed E-state index contributed by atoms with van der Waals surface area (Å²) in [5.41, 5.74) is 2.14. The second-order valence-corrected chi connectivity index (χ2v) is 7.72. The summed E-state index contributed by atoms with van der Waals surface area (Å²) in [6, 6.07) is 14.7. The minimum absolute atomic E-state index is 0.00633. The lowest BCUT2D eigenvalue weighted by molar-refractivity contribution is -0.116. The van der Waals surface area contributed by atoms with Gasteiger partial charge in [-0.05, 0) is 42.7 Å². The number of ether oxygens (including phenoxy) is 1. The van der Waals surface area contributed by atoms with Crippen LogP contribution in [0, 0.1) is 5.92 Å². The van der Waals surface area contributed by atoms with Crippen LogP contribution in [0.4, 0.5) is 17.1 Å². The summed E-state index contributed by atoms with van der Waals surface area (Å²) in [5.74, 6) is 1.05. The van der Waals surface area contributed by atoms with E-state index in [1.165, 1.54) is 0 Å². The summed E-state index contributed by atoms with van der Waals surface area (Å²) in [7, 11) is 0. The zero-order valence-corrected chi connectivity index (χ0v) is 18.2. The Labute approximate surface area is 179 Å². The van der Waals surface area contributed by atoms with E-state index < -0.39 is 0 Å². The summed E-state index contributed by atoms with van der Waals surface area (Å²) >= 11 is 0. The van der Waals surface area contributed by atoms with Crippen LogP contribution in [-0.4, -0.2) is 25.0 Å². The molecule has 0 aliphatic rings. The van der Waals surface area contributed by atoms with E-state index in [-0.39, 0.29) is 18.4 Å². The number of nitrogens with one attached hydrogen (secondary N) is 3. The number of hydrogen-bond acceptors (Lipinski definition) is 4. The fourth-order valence-electron chi connectivity index (χ4n) is 2.78. The van der Waals surface area contributed by atoms with Crippen molar-refractivity contribution in [2.45, 2.75) is 46.5 Å². The molecule has 0 unspecified atom stereocenters. The van der Waals surface area contributed by atoms with Gasteiger partial charge < -0.3 is 20.7 Å². The highest BCUT2D eigenvalue weighted by atomic mass is 16.5. The fourth-order valence-corrected chi connectivity index (χ4v) is 2.78. The lowest BCUT2D eigenvalue weighted by Gasteiger charge is -2.12. The summed E-state index contributed by atoms with van der Waals surface area (Å²) in [5, 5.41) is 8.83. The molecule has 2 rings (SSSR count). The molecular weight excluding hydrogens is 378 g/mol. The van der Waals surface area contributed by atoms with Crippen LogP contribution < -0.4 is 20.7 Å². The van der Waals surface area contributed by atoms with Crippen molar-refractivity contribution in [1.82, 2.24) is 0 Å². The highest BCUT2D eigenvalue weighted by molar-refractivity contribution is 5.95. The summed E-state index contributed by atoms with van der Waals surface area (Å²) in [6.07, 6.45) is 3.52. The first-order valence-electron chi connectivity index (χ1n) is 10.6. The molecule has 0 aliphatic carbocycles. The van der Waals surface area contributed by atoms with Crippen LogP contribution >= 0.6 is 0 Å². The average Bonchev–Trinajstić information content (AvgIpc) is 2.71. The average molecular weight is 412 g/mol. The molecular formula is C24H33N3O3. The normalized spacial score (nSPS) is 10.5. The molecule has 0 heterocycles. The van der Waals surface area contributed by atoms with Gasteiger partial charge in [0.05, 0.1) is 13.2 Å². The molecule has 0 aromatic heterocycles. The van der Waals surface area contributed by atoms with Crippen molar-refractivity contribution < 1.29 is 14.3 Å². The molecule has 0 aliphatic heterocycles. The summed E-state index contributed by atoms with van der Waals surface area (Å²) in [4.78, 5) is 24.3. The van der Waals surface area contributed by atoms with E-state index >= 15 is 0 Å². The topological polar surface area (TPSA) is 79.5 Å². The molecule has 2 aromatic carbocycles. The number of amides is 2. The molecule has 2 aromatic rings. The van der Waals surface area contributed by atoms with Crippen LogP contribution in [0.25, 0.3) is 0 Å². The number of rotatable bonds is 12. The van der Waals surface area contributed by atoms with E-state index in [4.69, 9.17) is 4.74 Å². The Balaban J connectivity index is 1.82. The Morgan fingerprint density at radius 3 is 2.27 bits per heavy atom. The molecule has 0 spiro atoms. The summed E-state index contributed by atoms with van der Waals surface area (Å²) < 4.78 is 5.71. The van der Waals surface area contributed by atoms with Crippen molar-refractivity contribution in [2.24, 2.45) is 5.92 Å². The minimum Gasteiger partial charge on any atom is -0.493 e. The van der Waals surface area contributed by atoms with Gasteiger partial charge in [-0.1, -0.05) is 45.7 Å². The van der Waals surface area contributed by atoms with Crippen LogP contribution in [-0.2, 0) is 9.59 Å². The molecule has 162 valence electrons. The number of carbonyl (C=O) groups excluding carboxylic acids is 2. The van der Waals surface area contributed by atoms with Crippen LogP contribution in [0.3, 0.4) is 0 Å². The van der Waals surface area contributed by atoms with E-state index in [9.17, 15) is 9.59 Å². The van der Waals surface area contributed by atoms with Crippen molar-refractivity contribution in [1.29, 1.82) is 0 Å². The van der Waals surface area contributed by atoms with Crippen molar-refractivity contribution in [3.8, 4) is 5.75 Å².